The third kappa shape index (κ3) is 3.88. The third-order valence-corrected chi connectivity index (χ3v) is 9.22. The van der Waals surface area contributed by atoms with Gasteiger partial charge in [-0.15, -0.1) is 0 Å². The van der Waals surface area contributed by atoms with Gasteiger partial charge in [-0.2, -0.15) is 0 Å². The Hall–Kier alpha value is -1.85. The molecule has 0 bridgehead atoms. The average Bonchev–Trinajstić information content (AvgIpc) is 3.09. The summed E-state index contributed by atoms with van der Waals surface area (Å²) in [6, 6.07) is 0. The first-order chi connectivity index (χ1) is 15.2. The average molecular weight is 447 g/mol. The summed E-state index contributed by atoms with van der Waals surface area (Å²) in [7, 11) is 0. The van der Waals surface area contributed by atoms with Crippen molar-refractivity contribution < 1.29 is 28.6 Å². The smallest absolute Gasteiger partial charge is 0.309 e. The van der Waals surface area contributed by atoms with E-state index in [2.05, 4.69) is 13.0 Å². The molecule has 0 saturated heterocycles. The summed E-state index contributed by atoms with van der Waals surface area (Å²) in [6.07, 6.45) is 9.66. The molecule has 3 saturated carbocycles. The molecule has 0 aromatic rings. The van der Waals surface area contributed by atoms with E-state index in [0.717, 1.165) is 51.4 Å². The Morgan fingerprint density at radius 2 is 1.78 bits per heavy atom. The summed E-state index contributed by atoms with van der Waals surface area (Å²) in [5, 5.41) is 0. The van der Waals surface area contributed by atoms with E-state index < -0.39 is 0 Å². The van der Waals surface area contributed by atoms with E-state index in [9.17, 15) is 14.4 Å². The molecule has 0 N–H and O–H groups in total. The van der Waals surface area contributed by atoms with Crippen molar-refractivity contribution in [2.24, 2.45) is 34.5 Å². The predicted molar refractivity (Wildman–Crippen MR) is 118 cm³/mol. The lowest BCUT2D eigenvalue weighted by atomic mass is 9.47. The van der Waals surface area contributed by atoms with Crippen molar-refractivity contribution in [1.29, 1.82) is 0 Å². The second-order valence-electron chi connectivity index (χ2n) is 10.7. The van der Waals surface area contributed by atoms with E-state index in [1.807, 2.05) is 6.92 Å². The van der Waals surface area contributed by atoms with Crippen LogP contribution < -0.4 is 0 Å². The van der Waals surface area contributed by atoms with E-state index in [1.54, 1.807) is 0 Å². The van der Waals surface area contributed by atoms with Gasteiger partial charge >= 0.3 is 17.9 Å². The van der Waals surface area contributed by atoms with Crippen molar-refractivity contribution in [2.45, 2.75) is 85.2 Å². The first kappa shape index (κ1) is 23.3. The van der Waals surface area contributed by atoms with Gasteiger partial charge in [-0.05, 0) is 75.0 Å². The van der Waals surface area contributed by atoms with Crippen molar-refractivity contribution in [2.75, 3.05) is 13.2 Å². The number of hydrogen-bond acceptors (Lipinski definition) is 6. The molecule has 6 heteroatoms. The zero-order valence-corrected chi connectivity index (χ0v) is 20.0. The van der Waals surface area contributed by atoms with Gasteiger partial charge in [0.25, 0.3) is 0 Å². The maximum atomic E-state index is 12.7. The summed E-state index contributed by atoms with van der Waals surface area (Å²) < 4.78 is 16.7. The van der Waals surface area contributed by atoms with Crippen LogP contribution in [0.1, 0.15) is 79.1 Å². The molecule has 3 fully saturated rings. The molecule has 0 spiro atoms. The Morgan fingerprint density at radius 3 is 2.47 bits per heavy atom. The molecule has 0 radical (unpaired) electrons. The highest BCUT2D eigenvalue weighted by Gasteiger charge is 2.61. The molecule has 0 amide bonds. The lowest BCUT2D eigenvalue weighted by Crippen LogP contribution is -2.54. The molecule has 0 aromatic carbocycles. The van der Waals surface area contributed by atoms with E-state index in [4.69, 9.17) is 14.2 Å². The molecule has 4 aliphatic carbocycles. The number of esters is 3. The Bertz CT molecular complexity index is 802. The van der Waals surface area contributed by atoms with Crippen LogP contribution in [0.3, 0.4) is 0 Å². The van der Waals surface area contributed by atoms with Gasteiger partial charge in [0.1, 0.15) is 12.7 Å². The number of ether oxygens (including phenoxy) is 3. The molecule has 0 heterocycles. The highest BCUT2D eigenvalue weighted by atomic mass is 16.5. The molecule has 6 nitrogen and oxygen atoms in total. The Morgan fingerprint density at radius 1 is 1.00 bits per heavy atom. The van der Waals surface area contributed by atoms with E-state index in [-0.39, 0.29) is 40.8 Å². The number of fused-ring (bicyclic) bond motifs is 5. The minimum absolute atomic E-state index is 0.0112. The number of hydrogen-bond donors (Lipinski definition) is 0. The van der Waals surface area contributed by atoms with Crippen LogP contribution in [0.4, 0.5) is 0 Å². The van der Waals surface area contributed by atoms with Crippen molar-refractivity contribution >= 4 is 17.9 Å². The van der Waals surface area contributed by atoms with Crippen molar-refractivity contribution in [3.8, 4) is 0 Å². The molecule has 4 rings (SSSR count). The molecular formula is C26H38O6. The minimum atomic E-state index is -0.244. The number of carbonyl (C=O) groups is 3. The third-order valence-electron chi connectivity index (χ3n) is 9.22. The first-order valence-corrected chi connectivity index (χ1v) is 12.4. The van der Waals surface area contributed by atoms with Crippen LogP contribution in [0.5, 0.6) is 0 Å². The monoisotopic (exact) mass is 446 g/mol. The second kappa shape index (κ2) is 8.83. The predicted octanol–water partition coefficient (Wildman–Crippen LogP) is 4.60. The number of allylic oxidation sites excluding steroid dienone is 1. The van der Waals surface area contributed by atoms with Crippen LogP contribution in [0.2, 0.25) is 0 Å². The Balaban J connectivity index is 1.62. The Kier molecular flexibility index (Phi) is 6.43. The normalized spacial score (nSPS) is 40.2. The van der Waals surface area contributed by atoms with Crippen LogP contribution in [-0.4, -0.2) is 37.2 Å². The molecule has 0 unspecified atom stereocenters. The van der Waals surface area contributed by atoms with Crippen LogP contribution in [0, 0.1) is 34.5 Å². The van der Waals surface area contributed by atoms with Gasteiger partial charge in [-0.3, -0.25) is 14.4 Å². The van der Waals surface area contributed by atoms with Crippen LogP contribution >= 0.6 is 0 Å². The fraction of sp³-hybridized carbons (Fsp3) is 0.808. The van der Waals surface area contributed by atoms with Crippen LogP contribution in [0.15, 0.2) is 11.6 Å². The minimum Gasteiger partial charge on any atom is -0.466 e. The molecule has 7 atom stereocenters. The van der Waals surface area contributed by atoms with Gasteiger partial charge in [0.05, 0.1) is 12.5 Å². The first-order valence-electron chi connectivity index (χ1n) is 12.4. The van der Waals surface area contributed by atoms with Gasteiger partial charge in [0, 0.05) is 25.7 Å². The van der Waals surface area contributed by atoms with Gasteiger partial charge < -0.3 is 14.2 Å². The standard InChI is InChI=1S/C26H38O6/c1-5-30-24(29)23-9-8-21-20-7-6-18-14-19(32-17(3)28)10-13-26(18,15-31-16(2)27)22(20)11-12-25(21,23)4/h6,19-23H,5,7-15H2,1-4H3/t19-,20+,21+,22+,23-,25+,26-/m1/s1. The van der Waals surface area contributed by atoms with Gasteiger partial charge in [0.2, 0.25) is 0 Å². The summed E-state index contributed by atoms with van der Waals surface area (Å²) in [5.41, 5.74) is 1.12. The molecule has 32 heavy (non-hydrogen) atoms. The number of carbonyl (C=O) groups excluding carboxylic acids is 3. The van der Waals surface area contributed by atoms with Gasteiger partial charge in [-0.25, -0.2) is 0 Å². The summed E-state index contributed by atoms with van der Waals surface area (Å²) in [5.74, 6) is 0.876. The zero-order chi connectivity index (χ0) is 23.1. The zero-order valence-electron chi connectivity index (χ0n) is 20.0. The quantitative estimate of drug-likeness (QED) is 0.349. The largest absolute Gasteiger partial charge is 0.466 e. The summed E-state index contributed by atoms with van der Waals surface area (Å²) >= 11 is 0. The SMILES string of the molecule is CCOC(=O)[C@H]1CC[C@H]2[C@@H]3CC=C4C[C@H](OC(C)=O)CC[C@]4(COC(C)=O)[C@H]3CC[C@]12C. The van der Waals surface area contributed by atoms with Crippen molar-refractivity contribution in [3.63, 3.8) is 0 Å². The van der Waals surface area contributed by atoms with Gasteiger partial charge in [0.15, 0.2) is 0 Å². The maximum absolute atomic E-state index is 12.7. The van der Waals surface area contributed by atoms with E-state index in [1.165, 1.54) is 19.4 Å². The van der Waals surface area contributed by atoms with Crippen LogP contribution in [-0.2, 0) is 28.6 Å². The second-order valence-corrected chi connectivity index (χ2v) is 10.7. The highest BCUT2D eigenvalue weighted by Crippen LogP contribution is 2.66. The molecule has 0 aromatic heterocycles. The highest BCUT2D eigenvalue weighted by molar-refractivity contribution is 5.74. The van der Waals surface area contributed by atoms with Crippen LogP contribution in [0.25, 0.3) is 0 Å². The van der Waals surface area contributed by atoms with Crippen molar-refractivity contribution in [3.05, 3.63) is 11.6 Å². The van der Waals surface area contributed by atoms with Gasteiger partial charge in [-0.1, -0.05) is 18.6 Å². The van der Waals surface area contributed by atoms with E-state index >= 15 is 0 Å². The maximum Gasteiger partial charge on any atom is 0.309 e. The summed E-state index contributed by atoms with van der Waals surface area (Å²) in [6.45, 7) is 7.97. The lowest BCUT2D eigenvalue weighted by molar-refractivity contribution is -0.160. The Labute approximate surface area is 191 Å². The molecule has 4 aliphatic rings. The molecular weight excluding hydrogens is 408 g/mol. The topological polar surface area (TPSA) is 78.9 Å². The number of rotatable bonds is 5. The van der Waals surface area contributed by atoms with Crippen molar-refractivity contribution in [1.82, 2.24) is 0 Å². The fourth-order valence-electron chi connectivity index (χ4n) is 7.89. The molecule has 178 valence electrons. The fourth-order valence-corrected chi connectivity index (χ4v) is 7.89. The lowest BCUT2D eigenvalue weighted by Gasteiger charge is -2.58. The van der Waals surface area contributed by atoms with E-state index in [0.29, 0.717) is 31.0 Å². The summed E-state index contributed by atoms with van der Waals surface area (Å²) in [4.78, 5) is 36.0. The molecule has 0 aliphatic heterocycles.